The highest BCUT2D eigenvalue weighted by atomic mass is 16.3. The molecule has 25 heavy (non-hydrogen) atoms. The summed E-state index contributed by atoms with van der Waals surface area (Å²) in [5.74, 6) is 0.723. The van der Waals surface area contributed by atoms with E-state index in [0.717, 1.165) is 17.7 Å². The summed E-state index contributed by atoms with van der Waals surface area (Å²) in [5, 5.41) is 20.4. The van der Waals surface area contributed by atoms with Crippen LogP contribution in [-0.2, 0) is 6.54 Å². The summed E-state index contributed by atoms with van der Waals surface area (Å²) < 4.78 is 1.76. The van der Waals surface area contributed by atoms with Gasteiger partial charge < -0.3 is 10.4 Å². The van der Waals surface area contributed by atoms with Gasteiger partial charge in [-0.25, -0.2) is 9.48 Å². The molecule has 0 radical (unpaired) electrons. The van der Waals surface area contributed by atoms with Crippen LogP contribution in [0.15, 0.2) is 36.4 Å². The predicted molar refractivity (Wildman–Crippen MR) is 99.6 cm³/mol. The van der Waals surface area contributed by atoms with Gasteiger partial charge in [-0.1, -0.05) is 50.6 Å². The minimum absolute atomic E-state index is 0.0960. The normalized spacial score (nSPS) is 14.6. The molecule has 6 heteroatoms. The summed E-state index contributed by atoms with van der Waals surface area (Å²) >= 11 is 0. The van der Waals surface area contributed by atoms with Crippen molar-refractivity contribution in [3.8, 4) is 0 Å². The van der Waals surface area contributed by atoms with E-state index in [0.29, 0.717) is 12.4 Å². The molecule has 136 valence electrons. The number of anilines is 1. The SMILES string of the molecule is CCC(C)C(C)(O)CNC(=O)Nc1cc(C)nn1Cc1ccccc1. The fraction of sp³-hybridized carbons (Fsp3) is 0.474. The van der Waals surface area contributed by atoms with Crippen molar-refractivity contribution < 1.29 is 9.90 Å². The third kappa shape index (κ3) is 5.32. The van der Waals surface area contributed by atoms with Gasteiger partial charge in [0.1, 0.15) is 5.82 Å². The Morgan fingerprint density at radius 1 is 1.36 bits per heavy atom. The maximum atomic E-state index is 12.2. The molecule has 2 unspecified atom stereocenters. The Bertz CT molecular complexity index is 695. The highest BCUT2D eigenvalue weighted by Gasteiger charge is 2.27. The number of nitrogens with zero attached hydrogens (tertiary/aromatic N) is 2. The Labute approximate surface area is 149 Å². The summed E-state index contributed by atoms with van der Waals surface area (Å²) in [6.07, 6.45) is 0.847. The minimum atomic E-state index is -0.938. The van der Waals surface area contributed by atoms with Crippen LogP contribution in [0.2, 0.25) is 0 Å². The van der Waals surface area contributed by atoms with Crippen molar-refractivity contribution in [1.29, 1.82) is 0 Å². The minimum Gasteiger partial charge on any atom is -0.388 e. The molecule has 1 aromatic heterocycles. The number of benzene rings is 1. The van der Waals surface area contributed by atoms with Gasteiger partial charge in [0.15, 0.2) is 0 Å². The zero-order chi connectivity index (χ0) is 18.4. The first-order valence-corrected chi connectivity index (χ1v) is 8.67. The predicted octanol–water partition coefficient (Wildman–Crippen LogP) is 3.16. The maximum absolute atomic E-state index is 12.2. The molecule has 3 N–H and O–H groups in total. The molecule has 0 saturated heterocycles. The highest BCUT2D eigenvalue weighted by Crippen LogP contribution is 2.19. The van der Waals surface area contributed by atoms with Crippen molar-refractivity contribution in [3.63, 3.8) is 0 Å². The molecule has 0 aliphatic carbocycles. The lowest BCUT2D eigenvalue weighted by molar-refractivity contribution is 0.00826. The van der Waals surface area contributed by atoms with Gasteiger partial charge in [0.25, 0.3) is 0 Å². The van der Waals surface area contributed by atoms with Crippen LogP contribution in [0.25, 0.3) is 0 Å². The van der Waals surface area contributed by atoms with Crippen LogP contribution >= 0.6 is 0 Å². The van der Waals surface area contributed by atoms with Gasteiger partial charge in [-0.15, -0.1) is 0 Å². The van der Waals surface area contributed by atoms with E-state index in [1.165, 1.54) is 0 Å². The lowest BCUT2D eigenvalue weighted by Crippen LogP contribution is -2.46. The monoisotopic (exact) mass is 344 g/mol. The van der Waals surface area contributed by atoms with E-state index in [1.807, 2.05) is 57.2 Å². The van der Waals surface area contributed by atoms with E-state index in [9.17, 15) is 9.90 Å². The third-order valence-electron chi connectivity index (χ3n) is 4.60. The van der Waals surface area contributed by atoms with Gasteiger partial charge in [-0.05, 0) is 25.3 Å². The largest absolute Gasteiger partial charge is 0.388 e. The van der Waals surface area contributed by atoms with Crippen molar-refractivity contribution >= 4 is 11.8 Å². The molecular formula is C19H28N4O2. The molecule has 2 rings (SSSR count). The fourth-order valence-electron chi connectivity index (χ4n) is 2.56. The Morgan fingerprint density at radius 2 is 2.04 bits per heavy atom. The number of rotatable bonds is 7. The molecule has 0 fully saturated rings. The van der Waals surface area contributed by atoms with E-state index in [-0.39, 0.29) is 18.5 Å². The quantitative estimate of drug-likeness (QED) is 0.722. The Morgan fingerprint density at radius 3 is 2.68 bits per heavy atom. The highest BCUT2D eigenvalue weighted by molar-refractivity contribution is 5.88. The average molecular weight is 344 g/mol. The van der Waals surface area contributed by atoms with Crippen LogP contribution in [-0.4, -0.2) is 33.1 Å². The molecule has 0 spiro atoms. The second-order valence-electron chi connectivity index (χ2n) is 6.79. The van der Waals surface area contributed by atoms with Crippen LogP contribution in [0, 0.1) is 12.8 Å². The van der Waals surface area contributed by atoms with Gasteiger partial charge in [-0.3, -0.25) is 5.32 Å². The van der Waals surface area contributed by atoms with Crippen LogP contribution in [0.4, 0.5) is 10.6 Å². The first-order chi connectivity index (χ1) is 11.8. The summed E-state index contributed by atoms with van der Waals surface area (Å²) in [7, 11) is 0. The zero-order valence-corrected chi connectivity index (χ0v) is 15.4. The molecule has 2 aromatic rings. The molecular weight excluding hydrogens is 316 g/mol. The van der Waals surface area contributed by atoms with E-state index >= 15 is 0 Å². The van der Waals surface area contributed by atoms with E-state index < -0.39 is 5.60 Å². The number of aromatic nitrogens is 2. The number of hydrogen-bond acceptors (Lipinski definition) is 3. The van der Waals surface area contributed by atoms with Crippen molar-refractivity contribution in [2.24, 2.45) is 5.92 Å². The van der Waals surface area contributed by atoms with Gasteiger partial charge in [0.05, 0.1) is 17.8 Å². The number of hydrogen-bond donors (Lipinski definition) is 3. The van der Waals surface area contributed by atoms with E-state index in [2.05, 4.69) is 15.7 Å². The van der Waals surface area contributed by atoms with Crippen LogP contribution in [0.5, 0.6) is 0 Å². The van der Waals surface area contributed by atoms with Gasteiger partial charge >= 0.3 is 6.03 Å². The van der Waals surface area contributed by atoms with E-state index in [4.69, 9.17) is 0 Å². The van der Waals surface area contributed by atoms with Crippen molar-refractivity contribution in [2.75, 3.05) is 11.9 Å². The number of aryl methyl sites for hydroxylation is 1. The Kier molecular flexibility index (Phi) is 6.20. The first kappa shape index (κ1) is 19.0. The Hall–Kier alpha value is -2.34. The molecule has 2 amide bonds. The third-order valence-corrected chi connectivity index (χ3v) is 4.60. The molecule has 2 atom stereocenters. The number of amides is 2. The van der Waals surface area contributed by atoms with E-state index in [1.54, 1.807) is 11.6 Å². The smallest absolute Gasteiger partial charge is 0.320 e. The van der Waals surface area contributed by atoms with Crippen LogP contribution in [0.3, 0.4) is 0 Å². The second-order valence-corrected chi connectivity index (χ2v) is 6.79. The second kappa shape index (κ2) is 8.16. The van der Waals surface area contributed by atoms with Gasteiger partial charge in [0, 0.05) is 12.6 Å². The first-order valence-electron chi connectivity index (χ1n) is 8.67. The molecule has 0 bridgehead atoms. The Balaban J connectivity index is 1.99. The van der Waals surface area contributed by atoms with Crippen molar-refractivity contribution in [1.82, 2.24) is 15.1 Å². The van der Waals surface area contributed by atoms with Gasteiger partial charge in [0.2, 0.25) is 0 Å². The van der Waals surface area contributed by atoms with Gasteiger partial charge in [-0.2, -0.15) is 5.10 Å². The molecule has 0 aliphatic heterocycles. The number of aliphatic hydroxyl groups is 1. The summed E-state index contributed by atoms with van der Waals surface area (Å²) in [4.78, 5) is 12.2. The molecule has 0 aliphatic rings. The van der Waals surface area contributed by atoms with Crippen LogP contribution in [0.1, 0.15) is 38.4 Å². The number of carbonyl (C=O) groups is 1. The summed E-state index contributed by atoms with van der Waals surface area (Å²) in [6.45, 7) is 8.39. The van der Waals surface area contributed by atoms with Crippen molar-refractivity contribution in [2.45, 2.75) is 46.3 Å². The standard InChI is InChI=1S/C19H28N4O2/c1-5-14(2)19(4,25)13-20-18(24)21-17-11-15(3)22-23(17)12-16-9-7-6-8-10-16/h6-11,14,25H,5,12-13H2,1-4H3,(H2,20,21,24). The number of urea groups is 1. The zero-order valence-electron chi connectivity index (χ0n) is 15.4. The summed E-state index contributed by atoms with van der Waals surface area (Å²) in [6, 6.07) is 11.4. The molecule has 0 saturated carbocycles. The van der Waals surface area contributed by atoms with Crippen LogP contribution < -0.4 is 10.6 Å². The molecule has 6 nitrogen and oxygen atoms in total. The molecule has 1 aromatic carbocycles. The summed E-state index contributed by atoms with van der Waals surface area (Å²) in [5.41, 5.74) is 0.998. The maximum Gasteiger partial charge on any atom is 0.320 e. The molecule has 1 heterocycles. The number of carbonyl (C=O) groups excluding carboxylic acids is 1. The number of nitrogens with one attached hydrogen (secondary N) is 2. The fourth-order valence-corrected chi connectivity index (χ4v) is 2.56. The lowest BCUT2D eigenvalue weighted by atomic mass is 9.89. The van der Waals surface area contributed by atoms with Crippen molar-refractivity contribution in [3.05, 3.63) is 47.7 Å². The topological polar surface area (TPSA) is 79.2 Å². The lowest BCUT2D eigenvalue weighted by Gasteiger charge is -2.29. The average Bonchev–Trinajstić information content (AvgIpc) is 2.92.